The number of hydrogen-bond donors (Lipinski definition) is 0. The van der Waals surface area contributed by atoms with Crippen LogP contribution in [0.25, 0.3) is 16.7 Å². The molecule has 0 fully saturated rings. The van der Waals surface area contributed by atoms with E-state index in [1.54, 1.807) is 30.4 Å². The summed E-state index contributed by atoms with van der Waals surface area (Å²) >= 11 is 0. The van der Waals surface area contributed by atoms with Gasteiger partial charge in [-0.2, -0.15) is 5.26 Å². The lowest BCUT2D eigenvalue weighted by Crippen LogP contribution is -2.20. The summed E-state index contributed by atoms with van der Waals surface area (Å²) in [6, 6.07) is 18.4. The van der Waals surface area contributed by atoms with Crippen LogP contribution < -0.4 is 0 Å². The normalized spacial score (nSPS) is 12.8. The molecular formula is C24H22N4O3. The molecule has 3 aromatic rings. The molecule has 0 N–H and O–H groups in total. The molecule has 0 radical (unpaired) electrons. The van der Waals surface area contributed by atoms with Crippen LogP contribution in [-0.4, -0.2) is 27.6 Å². The topological polar surface area (TPSA) is 90.0 Å². The van der Waals surface area contributed by atoms with Crippen molar-refractivity contribution in [3.8, 4) is 6.07 Å². The molecule has 1 heterocycles. The number of ether oxygens (including phenoxy) is 2. The van der Waals surface area contributed by atoms with Crippen LogP contribution in [0, 0.1) is 11.3 Å². The van der Waals surface area contributed by atoms with Crippen LogP contribution in [0.3, 0.4) is 0 Å². The standard InChI is InChI=1S/C24H22N4O3/c1-3-11-22(21(4-2)28-26-19-14-8-9-15-20(19)27-28)31-23(18-12-6-5-7-13-18)24(29)30-17-10-16-25/h3-9,11-15,23H,2,10,17H2,1H3/b11-3-,22-21-. The van der Waals surface area contributed by atoms with Crippen LogP contribution >= 0.6 is 0 Å². The Labute approximate surface area is 180 Å². The van der Waals surface area contributed by atoms with Gasteiger partial charge in [0.25, 0.3) is 0 Å². The number of carbonyl (C=O) groups is 1. The SMILES string of the molecule is C=C/C(=C(\C=C/C)OC(C(=O)OCCC#N)c1ccccc1)n1nc2ccccc2n1. The quantitative estimate of drug-likeness (QED) is 0.220. The van der Waals surface area contributed by atoms with E-state index in [1.807, 2.05) is 55.5 Å². The molecule has 0 aliphatic heterocycles. The third kappa shape index (κ3) is 5.25. The molecule has 0 saturated heterocycles. The fraction of sp³-hybridized carbons (Fsp3) is 0.167. The summed E-state index contributed by atoms with van der Waals surface area (Å²) in [6.45, 7) is 5.70. The fourth-order valence-electron chi connectivity index (χ4n) is 2.86. The maximum Gasteiger partial charge on any atom is 0.352 e. The second kappa shape index (κ2) is 10.6. The average molecular weight is 414 g/mol. The van der Waals surface area contributed by atoms with Crippen LogP contribution in [0.4, 0.5) is 0 Å². The molecular weight excluding hydrogens is 392 g/mol. The Balaban J connectivity index is 2.02. The summed E-state index contributed by atoms with van der Waals surface area (Å²) in [4.78, 5) is 14.2. The molecule has 2 aromatic carbocycles. The highest BCUT2D eigenvalue weighted by Gasteiger charge is 2.26. The average Bonchev–Trinajstić information content (AvgIpc) is 3.22. The van der Waals surface area contributed by atoms with Gasteiger partial charge in [-0.3, -0.25) is 0 Å². The Kier molecular flexibility index (Phi) is 7.33. The molecule has 1 unspecified atom stereocenters. The maximum atomic E-state index is 12.8. The zero-order valence-corrected chi connectivity index (χ0v) is 17.1. The summed E-state index contributed by atoms with van der Waals surface area (Å²) in [5, 5.41) is 17.7. The molecule has 0 aliphatic carbocycles. The number of esters is 1. The van der Waals surface area contributed by atoms with Gasteiger partial charge in [-0.1, -0.05) is 55.1 Å². The van der Waals surface area contributed by atoms with Crippen molar-refractivity contribution >= 4 is 22.7 Å². The van der Waals surface area contributed by atoms with Crippen molar-refractivity contribution in [1.82, 2.24) is 15.0 Å². The molecule has 0 amide bonds. The summed E-state index contributed by atoms with van der Waals surface area (Å²) < 4.78 is 11.4. The predicted molar refractivity (Wildman–Crippen MR) is 117 cm³/mol. The van der Waals surface area contributed by atoms with E-state index < -0.39 is 12.1 Å². The van der Waals surface area contributed by atoms with Gasteiger partial charge in [0.2, 0.25) is 6.10 Å². The zero-order chi connectivity index (χ0) is 22.1. The number of rotatable bonds is 9. The zero-order valence-electron chi connectivity index (χ0n) is 17.1. The lowest BCUT2D eigenvalue weighted by atomic mass is 10.1. The molecule has 1 aromatic heterocycles. The third-order valence-corrected chi connectivity index (χ3v) is 4.29. The smallest absolute Gasteiger partial charge is 0.352 e. The first-order valence-electron chi connectivity index (χ1n) is 9.75. The van der Waals surface area contributed by atoms with Crippen LogP contribution in [0.1, 0.15) is 25.0 Å². The minimum atomic E-state index is -1.04. The number of hydrogen-bond acceptors (Lipinski definition) is 6. The highest BCUT2D eigenvalue weighted by atomic mass is 16.6. The molecule has 3 rings (SSSR count). The van der Waals surface area contributed by atoms with E-state index in [0.29, 0.717) is 17.0 Å². The van der Waals surface area contributed by atoms with Crippen molar-refractivity contribution in [2.24, 2.45) is 0 Å². The Morgan fingerprint density at radius 1 is 1.16 bits per heavy atom. The van der Waals surface area contributed by atoms with E-state index in [4.69, 9.17) is 14.7 Å². The number of fused-ring (bicyclic) bond motifs is 1. The van der Waals surface area contributed by atoms with Gasteiger partial charge in [-0.15, -0.1) is 15.0 Å². The summed E-state index contributed by atoms with van der Waals surface area (Å²) in [5.74, 6) is -0.241. The predicted octanol–water partition coefficient (Wildman–Crippen LogP) is 4.58. The summed E-state index contributed by atoms with van der Waals surface area (Å²) in [5.41, 5.74) is 2.53. The first-order chi connectivity index (χ1) is 15.2. The van der Waals surface area contributed by atoms with Crippen molar-refractivity contribution in [3.05, 3.63) is 90.7 Å². The molecule has 0 spiro atoms. The first kappa shape index (κ1) is 21.5. The van der Waals surface area contributed by atoms with E-state index in [-0.39, 0.29) is 13.0 Å². The van der Waals surface area contributed by atoms with Crippen molar-refractivity contribution in [3.63, 3.8) is 0 Å². The number of nitriles is 1. The highest BCUT2D eigenvalue weighted by Crippen LogP contribution is 2.26. The Hall–Kier alpha value is -4.18. The number of benzene rings is 2. The molecule has 31 heavy (non-hydrogen) atoms. The summed E-state index contributed by atoms with van der Waals surface area (Å²) in [7, 11) is 0. The highest BCUT2D eigenvalue weighted by molar-refractivity contribution is 5.78. The molecule has 7 nitrogen and oxygen atoms in total. The van der Waals surface area contributed by atoms with Gasteiger partial charge in [-0.05, 0) is 31.2 Å². The van der Waals surface area contributed by atoms with Gasteiger partial charge in [-0.25, -0.2) is 4.79 Å². The van der Waals surface area contributed by atoms with Gasteiger partial charge in [0, 0.05) is 5.56 Å². The van der Waals surface area contributed by atoms with Gasteiger partial charge < -0.3 is 9.47 Å². The van der Waals surface area contributed by atoms with Crippen molar-refractivity contribution in [2.75, 3.05) is 6.61 Å². The summed E-state index contributed by atoms with van der Waals surface area (Å²) in [6.07, 6.45) is 4.13. The Morgan fingerprint density at radius 2 is 1.81 bits per heavy atom. The van der Waals surface area contributed by atoms with E-state index in [2.05, 4.69) is 16.8 Å². The number of aromatic nitrogens is 3. The number of allylic oxidation sites excluding steroid dienone is 4. The first-order valence-corrected chi connectivity index (χ1v) is 9.75. The van der Waals surface area contributed by atoms with Crippen LogP contribution in [0.2, 0.25) is 0 Å². The monoisotopic (exact) mass is 414 g/mol. The van der Waals surface area contributed by atoms with Gasteiger partial charge in [0.15, 0.2) is 0 Å². The van der Waals surface area contributed by atoms with Gasteiger partial charge in [0.05, 0.1) is 12.5 Å². The number of carbonyl (C=O) groups excluding carboxylic acids is 1. The lowest BCUT2D eigenvalue weighted by Gasteiger charge is -2.20. The van der Waals surface area contributed by atoms with Crippen molar-refractivity contribution < 1.29 is 14.3 Å². The second-order valence-corrected chi connectivity index (χ2v) is 6.42. The largest absolute Gasteiger partial charge is 0.472 e. The minimum Gasteiger partial charge on any atom is -0.472 e. The Bertz CT molecular complexity index is 1120. The maximum absolute atomic E-state index is 12.8. The van der Waals surface area contributed by atoms with E-state index in [9.17, 15) is 4.79 Å². The van der Waals surface area contributed by atoms with Gasteiger partial charge >= 0.3 is 5.97 Å². The molecule has 1 atom stereocenters. The number of nitrogens with zero attached hydrogens (tertiary/aromatic N) is 4. The fourth-order valence-corrected chi connectivity index (χ4v) is 2.86. The molecule has 0 aliphatic rings. The van der Waals surface area contributed by atoms with Crippen molar-refractivity contribution in [1.29, 1.82) is 5.26 Å². The van der Waals surface area contributed by atoms with Crippen LogP contribution in [0.15, 0.2) is 85.2 Å². The molecule has 0 bridgehead atoms. The third-order valence-electron chi connectivity index (χ3n) is 4.29. The van der Waals surface area contributed by atoms with E-state index >= 15 is 0 Å². The van der Waals surface area contributed by atoms with Gasteiger partial charge in [0.1, 0.15) is 29.1 Å². The van der Waals surface area contributed by atoms with E-state index in [0.717, 1.165) is 11.0 Å². The van der Waals surface area contributed by atoms with Crippen LogP contribution in [0.5, 0.6) is 0 Å². The molecule has 0 saturated carbocycles. The van der Waals surface area contributed by atoms with Crippen molar-refractivity contribution in [2.45, 2.75) is 19.4 Å². The minimum absolute atomic E-state index is 0.00882. The Morgan fingerprint density at radius 3 is 2.39 bits per heavy atom. The van der Waals surface area contributed by atoms with Crippen LogP contribution in [-0.2, 0) is 14.3 Å². The molecule has 156 valence electrons. The van der Waals surface area contributed by atoms with E-state index in [1.165, 1.54) is 4.80 Å². The molecule has 7 heteroatoms. The lowest BCUT2D eigenvalue weighted by molar-refractivity contribution is -0.154. The second-order valence-electron chi connectivity index (χ2n) is 6.42.